The molecule has 2 aromatic heterocycles. The Morgan fingerprint density at radius 1 is 1.22 bits per heavy atom. The van der Waals surface area contributed by atoms with Crippen molar-refractivity contribution in [3.63, 3.8) is 0 Å². The lowest BCUT2D eigenvalue weighted by atomic mass is 10.2. The Hall–Kier alpha value is -3.19. The maximum absolute atomic E-state index is 14.2. The van der Waals surface area contributed by atoms with Crippen LogP contribution in [0.3, 0.4) is 0 Å². The monoisotopic (exact) mass is 383 g/mol. The van der Waals surface area contributed by atoms with Crippen LogP contribution >= 0.6 is 11.6 Å². The summed E-state index contributed by atoms with van der Waals surface area (Å²) < 4.78 is 15.9. The molecular formula is C19H15ClFN5O. The highest BCUT2D eigenvalue weighted by Crippen LogP contribution is 2.26. The fraction of sp³-hybridized carbons (Fsp3) is 0.105. The summed E-state index contributed by atoms with van der Waals surface area (Å²) in [6, 6.07) is 11.9. The SMILES string of the molecule is Cc1c(Cl)cccc1Nc1nc(=O)c2[nH]cnc2n1Cc1ccccc1F. The van der Waals surface area contributed by atoms with E-state index >= 15 is 0 Å². The molecule has 2 aromatic carbocycles. The van der Waals surface area contributed by atoms with Gasteiger partial charge in [0.1, 0.15) is 5.82 Å². The number of H-pyrrole nitrogens is 1. The van der Waals surface area contributed by atoms with Gasteiger partial charge in [0.2, 0.25) is 5.95 Å². The molecule has 4 aromatic rings. The van der Waals surface area contributed by atoms with Crippen LogP contribution in [-0.2, 0) is 6.54 Å². The number of aromatic nitrogens is 4. The van der Waals surface area contributed by atoms with Crippen molar-refractivity contribution in [3.8, 4) is 0 Å². The first-order valence-electron chi connectivity index (χ1n) is 8.24. The average molecular weight is 384 g/mol. The van der Waals surface area contributed by atoms with E-state index in [1.54, 1.807) is 34.9 Å². The lowest BCUT2D eigenvalue weighted by Crippen LogP contribution is -2.19. The van der Waals surface area contributed by atoms with Crippen molar-refractivity contribution >= 4 is 34.4 Å². The first-order chi connectivity index (χ1) is 13.0. The van der Waals surface area contributed by atoms with Crippen LogP contribution < -0.4 is 10.9 Å². The number of hydrogen-bond donors (Lipinski definition) is 2. The Kier molecular flexibility index (Phi) is 4.37. The number of hydrogen-bond acceptors (Lipinski definition) is 4. The second-order valence-electron chi connectivity index (χ2n) is 6.06. The number of aromatic amines is 1. The van der Waals surface area contributed by atoms with Crippen LogP contribution in [0.15, 0.2) is 53.6 Å². The van der Waals surface area contributed by atoms with Crippen LogP contribution in [0.1, 0.15) is 11.1 Å². The fourth-order valence-corrected chi connectivity index (χ4v) is 3.04. The molecule has 0 saturated carbocycles. The molecule has 136 valence electrons. The van der Waals surface area contributed by atoms with Crippen LogP contribution in [0, 0.1) is 12.7 Å². The van der Waals surface area contributed by atoms with E-state index in [1.165, 1.54) is 12.4 Å². The van der Waals surface area contributed by atoms with Gasteiger partial charge in [0, 0.05) is 16.3 Å². The molecule has 0 aliphatic rings. The fourth-order valence-electron chi connectivity index (χ4n) is 2.87. The van der Waals surface area contributed by atoms with Gasteiger partial charge in [0.15, 0.2) is 11.2 Å². The third kappa shape index (κ3) is 3.17. The van der Waals surface area contributed by atoms with Gasteiger partial charge in [-0.3, -0.25) is 9.36 Å². The van der Waals surface area contributed by atoms with Gasteiger partial charge in [0.25, 0.3) is 0 Å². The van der Waals surface area contributed by atoms with Gasteiger partial charge in [-0.25, -0.2) is 9.37 Å². The first kappa shape index (κ1) is 17.2. The van der Waals surface area contributed by atoms with Gasteiger partial charge in [-0.1, -0.05) is 35.9 Å². The molecule has 0 atom stereocenters. The number of anilines is 2. The first-order valence-corrected chi connectivity index (χ1v) is 8.62. The highest BCUT2D eigenvalue weighted by atomic mass is 35.5. The summed E-state index contributed by atoms with van der Waals surface area (Å²) >= 11 is 6.18. The van der Waals surface area contributed by atoms with Crippen molar-refractivity contribution in [2.45, 2.75) is 13.5 Å². The summed E-state index contributed by atoms with van der Waals surface area (Å²) in [7, 11) is 0. The molecule has 0 spiro atoms. The molecule has 6 nitrogen and oxygen atoms in total. The highest BCUT2D eigenvalue weighted by Gasteiger charge is 2.16. The van der Waals surface area contributed by atoms with Gasteiger partial charge in [0.05, 0.1) is 12.9 Å². The predicted octanol–water partition coefficient (Wildman–Crippen LogP) is 4.01. The van der Waals surface area contributed by atoms with E-state index in [0.29, 0.717) is 21.9 Å². The van der Waals surface area contributed by atoms with Gasteiger partial charge in [-0.05, 0) is 30.7 Å². The van der Waals surface area contributed by atoms with E-state index in [-0.39, 0.29) is 23.8 Å². The maximum Gasteiger partial charge on any atom is 0.300 e. The van der Waals surface area contributed by atoms with E-state index in [0.717, 1.165) is 5.56 Å². The zero-order valence-electron chi connectivity index (χ0n) is 14.3. The number of nitrogens with zero attached hydrogens (tertiary/aromatic N) is 3. The molecule has 0 bridgehead atoms. The van der Waals surface area contributed by atoms with Gasteiger partial charge in [-0.2, -0.15) is 4.98 Å². The minimum Gasteiger partial charge on any atom is -0.339 e. The van der Waals surface area contributed by atoms with E-state index < -0.39 is 5.56 Å². The Balaban J connectivity index is 1.88. The molecule has 0 fully saturated rings. The Morgan fingerprint density at radius 2 is 2.04 bits per heavy atom. The molecule has 0 aliphatic carbocycles. The van der Waals surface area contributed by atoms with Crippen LogP contribution in [0.5, 0.6) is 0 Å². The second-order valence-corrected chi connectivity index (χ2v) is 6.46. The molecular weight excluding hydrogens is 369 g/mol. The lowest BCUT2D eigenvalue weighted by Gasteiger charge is -2.16. The van der Waals surface area contributed by atoms with Crippen LogP contribution in [0.2, 0.25) is 5.02 Å². The van der Waals surface area contributed by atoms with Gasteiger partial charge < -0.3 is 10.3 Å². The largest absolute Gasteiger partial charge is 0.339 e. The van der Waals surface area contributed by atoms with Crippen molar-refractivity contribution in [2.24, 2.45) is 0 Å². The third-order valence-electron chi connectivity index (χ3n) is 4.35. The van der Waals surface area contributed by atoms with Crippen LogP contribution in [0.25, 0.3) is 11.2 Å². The highest BCUT2D eigenvalue weighted by molar-refractivity contribution is 6.31. The molecule has 0 aliphatic heterocycles. The molecule has 2 N–H and O–H groups in total. The number of nitrogens with one attached hydrogen (secondary N) is 2. The molecule has 2 heterocycles. The average Bonchev–Trinajstić information content (AvgIpc) is 3.14. The van der Waals surface area contributed by atoms with Crippen molar-refractivity contribution in [2.75, 3.05) is 5.32 Å². The smallest absolute Gasteiger partial charge is 0.300 e. The summed E-state index contributed by atoms with van der Waals surface area (Å²) in [5.41, 5.74) is 2.17. The summed E-state index contributed by atoms with van der Waals surface area (Å²) in [5, 5.41) is 3.72. The number of benzene rings is 2. The maximum atomic E-state index is 14.2. The summed E-state index contributed by atoms with van der Waals surface area (Å²) in [5.74, 6) is -0.0852. The van der Waals surface area contributed by atoms with Crippen molar-refractivity contribution in [1.29, 1.82) is 0 Å². The van der Waals surface area contributed by atoms with Crippen LogP contribution in [0.4, 0.5) is 16.0 Å². The Labute approximate surface area is 158 Å². The second kappa shape index (κ2) is 6.85. The molecule has 0 radical (unpaired) electrons. The summed E-state index contributed by atoms with van der Waals surface area (Å²) in [6.45, 7) is 2.01. The van der Waals surface area contributed by atoms with Gasteiger partial charge >= 0.3 is 5.56 Å². The number of fused-ring (bicyclic) bond motifs is 1. The van der Waals surface area contributed by atoms with Crippen LogP contribution in [-0.4, -0.2) is 19.5 Å². The van der Waals surface area contributed by atoms with E-state index in [9.17, 15) is 9.18 Å². The normalized spacial score (nSPS) is 11.1. The Morgan fingerprint density at radius 3 is 2.85 bits per heavy atom. The minimum absolute atomic E-state index is 0.156. The van der Waals surface area contributed by atoms with Crippen molar-refractivity contribution in [1.82, 2.24) is 19.5 Å². The van der Waals surface area contributed by atoms with Crippen molar-refractivity contribution in [3.05, 3.63) is 81.1 Å². The molecule has 27 heavy (non-hydrogen) atoms. The summed E-state index contributed by atoms with van der Waals surface area (Å²) in [6.07, 6.45) is 1.42. The van der Waals surface area contributed by atoms with Gasteiger partial charge in [-0.15, -0.1) is 0 Å². The predicted molar refractivity (Wildman–Crippen MR) is 103 cm³/mol. The zero-order chi connectivity index (χ0) is 19.0. The lowest BCUT2D eigenvalue weighted by molar-refractivity contribution is 0.601. The number of imidazole rings is 1. The molecule has 0 saturated heterocycles. The third-order valence-corrected chi connectivity index (χ3v) is 4.76. The van der Waals surface area contributed by atoms with E-state index in [4.69, 9.17) is 11.6 Å². The Bertz CT molecular complexity index is 1200. The quantitative estimate of drug-likeness (QED) is 0.558. The minimum atomic E-state index is -0.450. The van der Waals surface area contributed by atoms with E-state index in [1.807, 2.05) is 13.0 Å². The summed E-state index contributed by atoms with van der Waals surface area (Å²) in [4.78, 5) is 23.5. The topological polar surface area (TPSA) is 75.6 Å². The molecule has 0 unspecified atom stereocenters. The molecule has 8 heteroatoms. The molecule has 0 amide bonds. The number of halogens is 2. The zero-order valence-corrected chi connectivity index (χ0v) is 15.1. The molecule has 4 rings (SSSR count). The number of rotatable bonds is 4. The van der Waals surface area contributed by atoms with E-state index in [2.05, 4.69) is 20.3 Å². The van der Waals surface area contributed by atoms with Crippen molar-refractivity contribution < 1.29 is 4.39 Å². The standard InChI is InChI=1S/C19H15ClFN5O/c1-11-13(20)6-4-8-15(11)24-19-25-18(27)16-17(23-10-22-16)26(19)9-12-5-2-3-7-14(12)21/h2-8,10H,9H2,1H3,(H,22,23)(H,24,25,27).